The molecule has 0 saturated carbocycles. The third-order valence-electron chi connectivity index (χ3n) is 3.46. The van der Waals surface area contributed by atoms with Gasteiger partial charge in [0.15, 0.2) is 0 Å². The first kappa shape index (κ1) is 12.7. The minimum Gasteiger partial charge on any atom is -0.308 e. The SMILES string of the molecule is O=S1CCC(NCc2cnc3ccccc3n2)CC1. The molecule has 2 aromatic rings. The number of benzene rings is 1. The van der Waals surface area contributed by atoms with Gasteiger partial charge in [-0.15, -0.1) is 0 Å². The van der Waals surface area contributed by atoms with E-state index in [-0.39, 0.29) is 0 Å². The molecule has 100 valence electrons. The van der Waals surface area contributed by atoms with Crippen molar-refractivity contribution in [3.8, 4) is 0 Å². The first-order valence-corrected chi connectivity index (χ1v) is 8.09. The summed E-state index contributed by atoms with van der Waals surface area (Å²) in [4.78, 5) is 9.00. The fourth-order valence-electron chi connectivity index (χ4n) is 2.33. The van der Waals surface area contributed by atoms with Crippen molar-refractivity contribution in [3.05, 3.63) is 36.2 Å². The molecule has 1 fully saturated rings. The molecule has 0 bridgehead atoms. The lowest BCUT2D eigenvalue weighted by molar-refractivity contribution is 0.472. The fourth-order valence-corrected chi connectivity index (χ4v) is 3.63. The van der Waals surface area contributed by atoms with Gasteiger partial charge in [-0.3, -0.25) is 9.19 Å². The normalized spacial score (nSPS) is 23.6. The summed E-state index contributed by atoms with van der Waals surface area (Å²) in [6.07, 6.45) is 3.82. The van der Waals surface area contributed by atoms with Crippen LogP contribution in [0.1, 0.15) is 18.5 Å². The number of rotatable bonds is 3. The second-order valence-corrected chi connectivity index (χ2v) is 6.55. The maximum atomic E-state index is 11.3. The Hall–Kier alpha value is -1.33. The maximum absolute atomic E-state index is 11.3. The lowest BCUT2D eigenvalue weighted by Crippen LogP contribution is -2.35. The van der Waals surface area contributed by atoms with Crippen LogP contribution in [0.25, 0.3) is 11.0 Å². The van der Waals surface area contributed by atoms with Crippen LogP contribution in [0.2, 0.25) is 0 Å². The fraction of sp³-hybridized carbons (Fsp3) is 0.429. The highest BCUT2D eigenvalue weighted by atomic mass is 32.2. The van der Waals surface area contributed by atoms with Crippen LogP contribution in [0.5, 0.6) is 0 Å². The molecule has 1 saturated heterocycles. The smallest absolute Gasteiger partial charge is 0.0890 e. The standard InChI is InChI=1S/C14H17N3OS/c18-19-7-5-11(6-8-19)15-9-12-10-16-13-3-1-2-4-14(13)17-12/h1-4,10-11,15H,5-9H2. The Morgan fingerprint density at radius 2 is 1.95 bits per heavy atom. The summed E-state index contributed by atoms with van der Waals surface area (Å²) >= 11 is 0. The van der Waals surface area contributed by atoms with Crippen molar-refractivity contribution in [2.45, 2.75) is 25.4 Å². The molecule has 1 aliphatic rings. The number of nitrogens with one attached hydrogen (secondary N) is 1. The molecule has 1 aliphatic heterocycles. The van der Waals surface area contributed by atoms with E-state index in [0.717, 1.165) is 47.6 Å². The first-order valence-electron chi connectivity index (χ1n) is 6.60. The quantitative estimate of drug-likeness (QED) is 0.925. The van der Waals surface area contributed by atoms with Gasteiger partial charge in [0.2, 0.25) is 0 Å². The average molecular weight is 275 g/mol. The monoisotopic (exact) mass is 275 g/mol. The summed E-state index contributed by atoms with van der Waals surface area (Å²) in [5.74, 6) is 1.64. The van der Waals surface area contributed by atoms with E-state index < -0.39 is 10.8 Å². The van der Waals surface area contributed by atoms with Gasteiger partial charge in [0.25, 0.3) is 0 Å². The average Bonchev–Trinajstić information content (AvgIpc) is 2.46. The highest BCUT2D eigenvalue weighted by Gasteiger charge is 2.17. The van der Waals surface area contributed by atoms with Gasteiger partial charge in [0.1, 0.15) is 0 Å². The molecule has 0 amide bonds. The van der Waals surface area contributed by atoms with E-state index in [2.05, 4.69) is 15.3 Å². The van der Waals surface area contributed by atoms with Crippen LogP contribution in [-0.4, -0.2) is 31.7 Å². The van der Waals surface area contributed by atoms with Crippen molar-refractivity contribution in [1.82, 2.24) is 15.3 Å². The summed E-state index contributed by atoms with van der Waals surface area (Å²) in [6, 6.07) is 8.36. The minimum absolute atomic E-state index is 0.464. The van der Waals surface area contributed by atoms with Crippen molar-refractivity contribution in [3.63, 3.8) is 0 Å². The maximum Gasteiger partial charge on any atom is 0.0890 e. The van der Waals surface area contributed by atoms with Gasteiger partial charge >= 0.3 is 0 Å². The van der Waals surface area contributed by atoms with Crippen LogP contribution in [0.4, 0.5) is 0 Å². The molecule has 1 aromatic heterocycles. The Bertz CT molecular complexity index is 592. The van der Waals surface area contributed by atoms with Crippen molar-refractivity contribution >= 4 is 21.8 Å². The second kappa shape index (κ2) is 5.75. The lowest BCUT2D eigenvalue weighted by Gasteiger charge is -2.22. The number of fused-ring (bicyclic) bond motifs is 1. The third-order valence-corrected chi connectivity index (χ3v) is 4.84. The number of nitrogens with zero attached hydrogens (tertiary/aromatic N) is 2. The zero-order chi connectivity index (χ0) is 13.1. The molecule has 3 rings (SSSR count). The molecule has 0 unspecified atom stereocenters. The van der Waals surface area contributed by atoms with Crippen LogP contribution < -0.4 is 5.32 Å². The minimum atomic E-state index is -0.596. The van der Waals surface area contributed by atoms with Crippen molar-refractivity contribution in [2.75, 3.05) is 11.5 Å². The van der Waals surface area contributed by atoms with Crippen LogP contribution in [0.3, 0.4) is 0 Å². The second-order valence-electron chi connectivity index (χ2n) is 4.85. The molecule has 0 spiro atoms. The Morgan fingerprint density at radius 1 is 1.21 bits per heavy atom. The Balaban J connectivity index is 1.63. The highest BCUT2D eigenvalue weighted by Crippen LogP contribution is 2.11. The van der Waals surface area contributed by atoms with Crippen LogP contribution in [-0.2, 0) is 17.3 Å². The third kappa shape index (κ3) is 3.16. The number of hydrogen-bond acceptors (Lipinski definition) is 4. The summed E-state index contributed by atoms with van der Waals surface area (Å²) in [5, 5.41) is 3.49. The molecule has 2 heterocycles. The van der Waals surface area contributed by atoms with E-state index in [9.17, 15) is 4.21 Å². The van der Waals surface area contributed by atoms with E-state index in [0.29, 0.717) is 6.04 Å². The molecule has 19 heavy (non-hydrogen) atoms. The van der Waals surface area contributed by atoms with E-state index in [1.807, 2.05) is 30.5 Å². The number of aromatic nitrogens is 2. The molecule has 0 radical (unpaired) electrons. The largest absolute Gasteiger partial charge is 0.308 e. The van der Waals surface area contributed by atoms with Crippen LogP contribution >= 0.6 is 0 Å². The molecule has 1 N–H and O–H groups in total. The van der Waals surface area contributed by atoms with Crippen molar-refractivity contribution < 1.29 is 4.21 Å². The Morgan fingerprint density at radius 3 is 2.74 bits per heavy atom. The summed E-state index contributed by atoms with van der Waals surface area (Å²) in [7, 11) is -0.596. The molecule has 0 aliphatic carbocycles. The predicted octanol–water partition coefficient (Wildman–Crippen LogP) is 1.63. The predicted molar refractivity (Wildman–Crippen MR) is 77.3 cm³/mol. The highest BCUT2D eigenvalue weighted by molar-refractivity contribution is 7.85. The summed E-state index contributed by atoms with van der Waals surface area (Å²) in [5.41, 5.74) is 2.83. The zero-order valence-corrected chi connectivity index (χ0v) is 11.5. The zero-order valence-electron chi connectivity index (χ0n) is 10.7. The van der Waals surface area contributed by atoms with E-state index >= 15 is 0 Å². The molecule has 5 heteroatoms. The number of hydrogen-bond donors (Lipinski definition) is 1. The Kier molecular flexibility index (Phi) is 3.84. The first-order chi connectivity index (χ1) is 9.31. The number of para-hydroxylation sites is 2. The van der Waals surface area contributed by atoms with Gasteiger partial charge in [0.05, 0.1) is 22.9 Å². The molecule has 0 atom stereocenters. The lowest BCUT2D eigenvalue weighted by atomic mass is 10.1. The van der Waals surface area contributed by atoms with Gasteiger partial charge in [-0.25, -0.2) is 4.98 Å². The van der Waals surface area contributed by atoms with Gasteiger partial charge < -0.3 is 5.32 Å². The van der Waals surface area contributed by atoms with E-state index in [4.69, 9.17) is 0 Å². The van der Waals surface area contributed by atoms with Gasteiger partial charge in [-0.05, 0) is 25.0 Å². The van der Waals surface area contributed by atoms with Crippen LogP contribution in [0.15, 0.2) is 30.5 Å². The summed E-state index contributed by atoms with van der Waals surface area (Å²) < 4.78 is 11.3. The van der Waals surface area contributed by atoms with E-state index in [1.54, 1.807) is 0 Å². The van der Waals surface area contributed by atoms with Gasteiger partial charge in [0, 0.05) is 34.9 Å². The van der Waals surface area contributed by atoms with Crippen molar-refractivity contribution in [2.24, 2.45) is 0 Å². The van der Waals surface area contributed by atoms with Crippen LogP contribution in [0, 0.1) is 0 Å². The Labute approximate surface area is 115 Å². The van der Waals surface area contributed by atoms with E-state index in [1.165, 1.54) is 0 Å². The van der Waals surface area contributed by atoms with Crippen molar-refractivity contribution in [1.29, 1.82) is 0 Å². The topological polar surface area (TPSA) is 54.9 Å². The summed E-state index contributed by atoms with van der Waals surface area (Å²) in [6.45, 7) is 0.731. The molecular weight excluding hydrogens is 258 g/mol. The molecular formula is C14H17N3OS. The molecule has 1 aromatic carbocycles. The van der Waals surface area contributed by atoms with Gasteiger partial charge in [-0.1, -0.05) is 12.1 Å². The molecule has 4 nitrogen and oxygen atoms in total. The van der Waals surface area contributed by atoms with Gasteiger partial charge in [-0.2, -0.15) is 0 Å².